The summed E-state index contributed by atoms with van der Waals surface area (Å²) in [5, 5.41) is 3.18. The molecule has 0 aliphatic carbocycles. The molecule has 1 saturated heterocycles. The Morgan fingerprint density at radius 3 is 2.88 bits per heavy atom. The van der Waals surface area contributed by atoms with Crippen LogP contribution in [0.5, 0.6) is 5.75 Å². The van der Waals surface area contributed by atoms with Gasteiger partial charge < -0.3 is 15.0 Å². The number of aromatic nitrogens is 1. The van der Waals surface area contributed by atoms with E-state index in [1.54, 1.807) is 12.3 Å². The topological polar surface area (TPSA) is 54.5 Å². The quantitative estimate of drug-likeness (QED) is 0.780. The van der Waals surface area contributed by atoms with Crippen molar-refractivity contribution in [1.82, 2.24) is 15.2 Å². The van der Waals surface area contributed by atoms with Crippen molar-refractivity contribution in [3.05, 3.63) is 66.0 Å². The maximum absolute atomic E-state index is 12.3. The van der Waals surface area contributed by atoms with Crippen LogP contribution < -0.4 is 10.1 Å². The second-order valence-electron chi connectivity index (χ2n) is 6.51. The third-order valence-electron chi connectivity index (χ3n) is 4.50. The number of nitrogens with one attached hydrogen (secondary N) is 1. The summed E-state index contributed by atoms with van der Waals surface area (Å²) in [7, 11) is 1.95. The molecule has 1 amide bonds. The molecule has 0 bridgehead atoms. The Morgan fingerprint density at radius 1 is 1.31 bits per heavy atom. The first kappa shape index (κ1) is 18.1. The summed E-state index contributed by atoms with van der Waals surface area (Å²) in [5.41, 5.74) is 1.87. The number of benzene rings is 1. The first-order valence-electron chi connectivity index (χ1n) is 8.99. The molecule has 5 nitrogen and oxygen atoms in total. The molecule has 1 aliphatic rings. The molecular formula is C21H25N3O2. The van der Waals surface area contributed by atoms with E-state index < -0.39 is 0 Å². The number of pyridine rings is 1. The first-order valence-corrected chi connectivity index (χ1v) is 8.99. The zero-order valence-corrected chi connectivity index (χ0v) is 15.1. The van der Waals surface area contributed by atoms with Crippen LogP contribution in [0.4, 0.5) is 0 Å². The van der Waals surface area contributed by atoms with E-state index in [0.717, 1.165) is 43.1 Å². The van der Waals surface area contributed by atoms with E-state index in [1.807, 2.05) is 60.5 Å². The highest BCUT2D eigenvalue weighted by Crippen LogP contribution is 2.17. The molecule has 136 valence electrons. The molecule has 1 aliphatic heterocycles. The summed E-state index contributed by atoms with van der Waals surface area (Å²) >= 11 is 0. The molecule has 1 aromatic carbocycles. The SMILES string of the molecule is CNCC1CCN(C(=O)C=Cc2ccc(OCc3ccccn3)cc2)C1. The molecule has 1 N–H and O–H groups in total. The van der Waals surface area contributed by atoms with Gasteiger partial charge in [-0.05, 0) is 61.8 Å². The summed E-state index contributed by atoms with van der Waals surface area (Å²) in [6, 6.07) is 13.5. The number of carbonyl (C=O) groups is 1. The van der Waals surface area contributed by atoms with Gasteiger partial charge in [-0.3, -0.25) is 9.78 Å². The van der Waals surface area contributed by atoms with E-state index in [0.29, 0.717) is 12.5 Å². The average molecular weight is 351 g/mol. The van der Waals surface area contributed by atoms with Gasteiger partial charge in [0.2, 0.25) is 5.91 Å². The van der Waals surface area contributed by atoms with Gasteiger partial charge in [-0.1, -0.05) is 18.2 Å². The molecule has 1 atom stereocenters. The molecule has 3 rings (SSSR count). The maximum atomic E-state index is 12.3. The monoisotopic (exact) mass is 351 g/mol. The van der Waals surface area contributed by atoms with E-state index in [4.69, 9.17) is 4.74 Å². The molecule has 26 heavy (non-hydrogen) atoms. The number of hydrogen-bond donors (Lipinski definition) is 1. The van der Waals surface area contributed by atoms with E-state index in [9.17, 15) is 4.79 Å². The molecule has 1 unspecified atom stereocenters. The number of nitrogens with zero attached hydrogens (tertiary/aromatic N) is 2. The maximum Gasteiger partial charge on any atom is 0.246 e. The molecule has 0 spiro atoms. The Balaban J connectivity index is 1.49. The van der Waals surface area contributed by atoms with Crippen molar-refractivity contribution >= 4 is 12.0 Å². The van der Waals surface area contributed by atoms with Crippen molar-refractivity contribution in [1.29, 1.82) is 0 Å². The predicted molar refractivity (Wildman–Crippen MR) is 103 cm³/mol. The lowest BCUT2D eigenvalue weighted by Gasteiger charge is -2.14. The molecule has 1 aromatic heterocycles. The van der Waals surface area contributed by atoms with Gasteiger partial charge in [0.25, 0.3) is 0 Å². The lowest BCUT2D eigenvalue weighted by Crippen LogP contribution is -2.28. The minimum atomic E-state index is 0.0825. The largest absolute Gasteiger partial charge is 0.487 e. The Morgan fingerprint density at radius 2 is 2.15 bits per heavy atom. The highest BCUT2D eigenvalue weighted by atomic mass is 16.5. The van der Waals surface area contributed by atoms with Crippen molar-refractivity contribution in [2.24, 2.45) is 5.92 Å². The number of amides is 1. The van der Waals surface area contributed by atoms with Gasteiger partial charge in [-0.15, -0.1) is 0 Å². The van der Waals surface area contributed by atoms with Gasteiger partial charge in [0.05, 0.1) is 5.69 Å². The normalized spacial score (nSPS) is 17.0. The van der Waals surface area contributed by atoms with E-state index >= 15 is 0 Å². The van der Waals surface area contributed by atoms with Gasteiger partial charge in [0.1, 0.15) is 12.4 Å². The van der Waals surface area contributed by atoms with Crippen LogP contribution in [0, 0.1) is 5.92 Å². The number of rotatable bonds is 7. The van der Waals surface area contributed by atoms with E-state index in [-0.39, 0.29) is 5.91 Å². The van der Waals surface area contributed by atoms with Crippen LogP contribution in [0.25, 0.3) is 6.08 Å². The fraction of sp³-hybridized carbons (Fsp3) is 0.333. The minimum absolute atomic E-state index is 0.0825. The molecule has 0 saturated carbocycles. The van der Waals surface area contributed by atoms with Crippen LogP contribution in [0.1, 0.15) is 17.7 Å². The second kappa shape index (κ2) is 9.15. The summed E-state index contributed by atoms with van der Waals surface area (Å²) in [5.74, 6) is 1.43. The van der Waals surface area contributed by atoms with Gasteiger partial charge in [0.15, 0.2) is 0 Å². The third kappa shape index (κ3) is 5.17. The average Bonchev–Trinajstić information content (AvgIpc) is 3.15. The Kier molecular flexibility index (Phi) is 6.39. The number of carbonyl (C=O) groups excluding carboxylic acids is 1. The van der Waals surface area contributed by atoms with Crippen LogP contribution in [0.2, 0.25) is 0 Å². The first-order chi connectivity index (χ1) is 12.7. The molecule has 2 aromatic rings. The van der Waals surface area contributed by atoms with E-state index in [1.165, 1.54) is 0 Å². The van der Waals surface area contributed by atoms with Crippen LogP contribution >= 0.6 is 0 Å². The summed E-state index contributed by atoms with van der Waals surface area (Å²) < 4.78 is 5.72. The predicted octanol–water partition coefficient (Wildman–Crippen LogP) is 2.74. The standard InChI is InChI=1S/C21H25N3O2/c1-22-14-18-11-13-24(15-18)21(25)10-7-17-5-8-20(9-6-17)26-16-19-4-2-3-12-23-19/h2-10,12,18,22H,11,13-16H2,1H3. The molecule has 0 radical (unpaired) electrons. The van der Waals surface area contributed by atoms with Crippen molar-refractivity contribution < 1.29 is 9.53 Å². The Labute approximate surface area is 154 Å². The number of ether oxygens (including phenoxy) is 1. The van der Waals surface area contributed by atoms with Crippen LogP contribution in [-0.2, 0) is 11.4 Å². The van der Waals surface area contributed by atoms with Gasteiger partial charge in [-0.2, -0.15) is 0 Å². The minimum Gasteiger partial charge on any atom is -0.487 e. The molecule has 5 heteroatoms. The van der Waals surface area contributed by atoms with Crippen molar-refractivity contribution in [3.63, 3.8) is 0 Å². The van der Waals surface area contributed by atoms with Crippen molar-refractivity contribution in [2.45, 2.75) is 13.0 Å². The van der Waals surface area contributed by atoms with Crippen LogP contribution in [0.3, 0.4) is 0 Å². The zero-order chi connectivity index (χ0) is 18.2. The fourth-order valence-electron chi connectivity index (χ4n) is 3.08. The molecule has 2 heterocycles. The zero-order valence-electron chi connectivity index (χ0n) is 15.1. The summed E-state index contributed by atoms with van der Waals surface area (Å²) in [6.07, 6.45) is 6.34. The van der Waals surface area contributed by atoms with E-state index in [2.05, 4.69) is 10.3 Å². The lowest BCUT2D eigenvalue weighted by atomic mass is 10.1. The fourth-order valence-corrected chi connectivity index (χ4v) is 3.08. The van der Waals surface area contributed by atoms with Crippen LogP contribution in [0.15, 0.2) is 54.7 Å². The second-order valence-corrected chi connectivity index (χ2v) is 6.51. The summed E-state index contributed by atoms with van der Waals surface area (Å²) in [4.78, 5) is 18.4. The van der Waals surface area contributed by atoms with Gasteiger partial charge in [-0.25, -0.2) is 0 Å². The number of hydrogen-bond acceptors (Lipinski definition) is 4. The van der Waals surface area contributed by atoms with Gasteiger partial charge >= 0.3 is 0 Å². The highest BCUT2D eigenvalue weighted by molar-refractivity contribution is 5.92. The van der Waals surface area contributed by atoms with Gasteiger partial charge in [0, 0.05) is 25.4 Å². The third-order valence-corrected chi connectivity index (χ3v) is 4.50. The van der Waals surface area contributed by atoms with Crippen molar-refractivity contribution in [2.75, 3.05) is 26.7 Å². The summed E-state index contributed by atoms with van der Waals surface area (Å²) in [6.45, 7) is 3.09. The molecular weight excluding hydrogens is 326 g/mol. The van der Waals surface area contributed by atoms with Crippen LogP contribution in [-0.4, -0.2) is 42.5 Å². The Hall–Kier alpha value is -2.66. The van der Waals surface area contributed by atoms with Crippen molar-refractivity contribution in [3.8, 4) is 5.75 Å². The Bertz CT molecular complexity index is 729. The lowest BCUT2D eigenvalue weighted by molar-refractivity contribution is -0.125. The molecule has 1 fully saturated rings. The highest BCUT2D eigenvalue weighted by Gasteiger charge is 2.24. The smallest absolute Gasteiger partial charge is 0.246 e. The number of likely N-dealkylation sites (tertiary alicyclic amines) is 1.